The zero-order valence-electron chi connectivity index (χ0n) is 11.9. The second-order valence-electron chi connectivity index (χ2n) is 4.77. The Morgan fingerprint density at radius 2 is 2.15 bits per heavy atom. The summed E-state index contributed by atoms with van der Waals surface area (Å²) in [6.45, 7) is 4.47. The fourth-order valence-electron chi connectivity index (χ4n) is 2.16. The lowest BCUT2D eigenvalue weighted by Crippen LogP contribution is -2.21. The van der Waals surface area contributed by atoms with Crippen LogP contribution in [0.5, 0.6) is 0 Å². The van der Waals surface area contributed by atoms with Gasteiger partial charge in [0.05, 0.1) is 11.9 Å². The van der Waals surface area contributed by atoms with Gasteiger partial charge in [0.15, 0.2) is 0 Å². The average Bonchev–Trinajstić information content (AvgIpc) is 2.45. The highest BCUT2D eigenvalue weighted by Gasteiger charge is 2.08. The summed E-state index contributed by atoms with van der Waals surface area (Å²) >= 11 is 0. The molecule has 20 heavy (non-hydrogen) atoms. The van der Waals surface area contributed by atoms with Gasteiger partial charge in [0.2, 0.25) is 0 Å². The van der Waals surface area contributed by atoms with Gasteiger partial charge >= 0.3 is 0 Å². The van der Waals surface area contributed by atoms with Crippen LogP contribution in [0.2, 0.25) is 0 Å². The first kappa shape index (κ1) is 14.5. The van der Waals surface area contributed by atoms with E-state index in [1.807, 2.05) is 25.4 Å². The molecule has 2 aromatic rings. The van der Waals surface area contributed by atoms with E-state index in [4.69, 9.17) is 0 Å². The molecule has 0 radical (unpaired) electrons. The first-order valence-electron chi connectivity index (χ1n) is 6.80. The van der Waals surface area contributed by atoms with Crippen LogP contribution in [-0.2, 0) is 13.1 Å². The van der Waals surface area contributed by atoms with Gasteiger partial charge in [0.25, 0.3) is 0 Å². The van der Waals surface area contributed by atoms with E-state index in [0.29, 0.717) is 6.54 Å². The third-order valence-electron chi connectivity index (χ3n) is 3.17. The lowest BCUT2D eigenvalue weighted by molar-refractivity contribution is 0.625. The zero-order chi connectivity index (χ0) is 14.4. The molecule has 1 aromatic carbocycles. The monoisotopic (exact) mass is 273 g/mol. The van der Waals surface area contributed by atoms with E-state index >= 15 is 0 Å². The Morgan fingerprint density at radius 3 is 2.90 bits per heavy atom. The van der Waals surface area contributed by atoms with Crippen molar-refractivity contribution in [3.8, 4) is 0 Å². The third kappa shape index (κ3) is 3.78. The molecular formula is C16H20FN3. The second kappa shape index (κ2) is 7.01. The fraction of sp³-hybridized carbons (Fsp3) is 0.312. The maximum Gasteiger partial charge on any atom is 0.123 e. The number of nitrogens with zero attached hydrogens (tertiary/aromatic N) is 2. The van der Waals surface area contributed by atoms with Crippen molar-refractivity contribution in [3.05, 3.63) is 59.7 Å². The predicted molar refractivity (Wildman–Crippen MR) is 80.1 cm³/mol. The van der Waals surface area contributed by atoms with E-state index in [2.05, 4.69) is 22.1 Å². The van der Waals surface area contributed by atoms with Crippen LogP contribution in [0.3, 0.4) is 0 Å². The number of benzene rings is 1. The number of anilines is 1. The van der Waals surface area contributed by atoms with Crippen LogP contribution >= 0.6 is 0 Å². The molecule has 0 aliphatic heterocycles. The molecule has 0 unspecified atom stereocenters. The van der Waals surface area contributed by atoms with Crippen molar-refractivity contribution in [1.29, 1.82) is 0 Å². The first-order valence-corrected chi connectivity index (χ1v) is 6.80. The molecule has 0 aliphatic carbocycles. The van der Waals surface area contributed by atoms with Crippen molar-refractivity contribution < 1.29 is 4.39 Å². The van der Waals surface area contributed by atoms with Crippen LogP contribution in [0.15, 0.2) is 42.7 Å². The van der Waals surface area contributed by atoms with Gasteiger partial charge in [-0.25, -0.2) is 4.39 Å². The molecule has 1 heterocycles. The van der Waals surface area contributed by atoms with Crippen LogP contribution in [0.25, 0.3) is 0 Å². The van der Waals surface area contributed by atoms with Crippen LogP contribution < -0.4 is 10.2 Å². The summed E-state index contributed by atoms with van der Waals surface area (Å²) in [4.78, 5) is 6.28. The Balaban J connectivity index is 2.14. The fourth-order valence-corrected chi connectivity index (χ4v) is 2.16. The second-order valence-corrected chi connectivity index (χ2v) is 4.77. The molecule has 1 aromatic heterocycles. The maximum absolute atomic E-state index is 13.2. The molecular weight excluding hydrogens is 253 g/mol. The van der Waals surface area contributed by atoms with Crippen molar-refractivity contribution in [3.63, 3.8) is 0 Å². The van der Waals surface area contributed by atoms with Crippen molar-refractivity contribution in [2.24, 2.45) is 0 Å². The molecule has 0 saturated carbocycles. The minimum absolute atomic E-state index is 0.199. The molecule has 0 spiro atoms. The Kier molecular flexibility index (Phi) is 5.07. The number of pyridine rings is 1. The molecule has 4 heteroatoms. The number of aromatic nitrogens is 1. The SMILES string of the molecule is CCNCc1ccncc1N(C)Cc1cccc(F)c1. The summed E-state index contributed by atoms with van der Waals surface area (Å²) in [6.07, 6.45) is 3.65. The van der Waals surface area contributed by atoms with E-state index < -0.39 is 0 Å². The van der Waals surface area contributed by atoms with E-state index in [9.17, 15) is 4.39 Å². The summed E-state index contributed by atoms with van der Waals surface area (Å²) in [5.41, 5.74) is 3.21. The minimum atomic E-state index is -0.199. The Hall–Kier alpha value is -1.94. The van der Waals surface area contributed by atoms with Crippen molar-refractivity contribution in [2.45, 2.75) is 20.0 Å². The van der Waals surface area contributed by atoms with E-state index in [1.165, 1.54) is 11.6 Å². The number of nitrogens with one attached hydrogen (secondary N) is 1. The molecule has 2 rings (SSSR count). The number of hydrogen-bond acceptors (Lipinski definition) is 3. The highest BCUT2D eigenvalue weighted by molar-refractivity contribution is 5.51. The van der Waals surface area contributed by atoms with Crippen LogP contribution in [0, 0.1) is 5.82 Å². The standard InChI is InChI=1S/C16H20FN3/c1-3-18-10-14-7-8-19-11-16(14)20(2)12-13-5-4-6-15(17)9-13/h4-9,11,18H,3,10,12H2,1-2H3. The quantitative estimate of drug-likeness (QED) is 0.877. The smallest absolute Gasteiger partial charge is 0.123 e. The highest BCUT2D eigenvalue weighted by atomic mass is 19.1. The minimum Gasteiger partial charge on any atom is -0.369 e. The molecule has 0 fully saturated rings. The lowest BCUT2D eigenvalue weighted by atomic mass is 10.1. The van der Waals surface area contributed by atoms with Crippen LogP contribution in [0.1, 0.15) is 18.1 Å². The van der Waals surface area contributed by atoms with E-state index in [1.54, 1.807) is 18.3 Å². The Morgan fingerprint density at radius 1 is 1.30 bits per heavy atom. The topological polar surface area (TPSA) is 28.2 Å². The Labute approximate surface area is 119 Å². The van der Waals surface area contributed by atoms with E-state index in [0.717, 1.165) is 24.3 Å². The molecule has 0 atom stereocenters. The molecule has 0 saturated heterocycles. The van der Waals surface area contributed by atoms with Crippen molar-refractivity contribution in [2.75, 3.05) is 18.5 Å². The van der Waals surface area contributed by atoms with Gasteiger partial charge in [0.1, 0.15) is 5.82 Å². The van der Waals surface area contributed by atoms with Crippen molar-refractivity contribution in [1.82, 2.24) is 10.3 Å². The van der Waals surface area contributed by atoms with E-state index in [-0.39, 0.29) is 5.82 Å². The summed E-state index contributed by atoms with van der Waals surface area (Å²) < 4.78 is 13.2. The Bertz CT molecular complexity index is 557. The average molecular weight is 273 g/mol. The molecule has 0 aliphatic rings. The molecule has 3 nitrogen and oxygen atoms in total. The summed E-state index contributed by atoms with van der Waals surface area (Å²) in [5.74, 6) is -0.199. The molecule has 0 bridgehead atoms. The first-order chi connectivity index (χ1) is 9.70. The van der Waals surface area contributed by atoms with Gasteiger partial charge in [-0.1, -0.05) is 19.1 Å². The summed E-state index contributed by atoms with van der Waals surface area (Å²) in [7, 11) is 2.00. The predicted octanol–water partition coefficient (Wildman–Crippen LogP) is 2.97. The van der Waals surface area contributed by atoms with Gasteiger partial charge in [0, 0.05) is 26.3 Å². The third-order valence-corrected chi connectivity index (χ3v) is 3.17. The number of halogens is 1. The molecule has 0 amide bonds. The largest absolute Gasteiger partial charge is 0.369 e. The maximum atomic E-state index is 13.2. The van der Waals surface area contributed by atoms with Gasteiger partial charge in [-0.15, -0.1) is 0 Å². The van der Waals surface area contributed by atoms with Gasteiger partial charge < -0.3 is 10.2 Å². The van der Waals surface area contributed by atoms with Gasteiger partial charge in [-0.3, -0.25) is 4.98 Å². The number of rotatable bonds is 6. The van der Waals surface area contributed by atoms with Gasteiger partial charge in [-0.2, -0.15) is 0 Å². The van der Waals surface area contributed by atoms with Gasteiger partial charge in [-0.05, 0) is 35.9 Å². The van der Waals surface area contributed by atoms with Crippen LogP contribution in [0.4, 0.5) is 10.1 Å². The normalized spacial score (nSPS) is 10.6. The molecule has 106 valence electrons. The zero-order valence-corrected chi connectivity index (χ0v) is 11.9. The number of hydrogen-bond donors (Lipinski definition) is 1. The summed E-state index contributed by atoms with van der Waals surface area (Å²) in [5, 5.41) is 3.32. The van der Waals surface area contributed by atoms with Crippen LogP contribution in [-0.4, -0.2) is 18.6 Å². The highest BCUT2D eigenvalue weighted by Crippen LogP contribution is 2.20. The lowest BCUT2D eigenvalue weighted by Gasteiger charge is -2.22. The molecule has 1 N–H and O–H groups in total. The summed E-state index contributed by atoms with van der Waals surface area (Å²) in [6, 6.07) is 8.71. The van der Waals surface area contributed by atoms with Crippen molar-refractivity contribution >= 4 is 5.69 Å².